The molecule has 1 saturated carbocycles. The Morgan fingerprint density at radius 2 is 2.29 bits per heavy atom. The van der Waals surface area contributed by atoms with E-state index in [-0.39, 0.29) is 5.95 Å². The van der Waals surface area contributed by atoms with Gasteiger partial charge in [0.2, 0.25) is 11.8 Å². The Kier molecular flexibility index (Phi) is 2.36. The number of rotatable bonds is 4. The molecular formula is C8H13N5O. The van der Waals surface area contributed by atoms with E-state index in [1.807, 2.05) is 0 Å². The fraction of sp³-hybridized carbons (Fsp3) is 0.500. The molecule has 1 aromatic rings. The van der Waals surface area contributed by atoms with Gasteiger partial charge in [0, 0.05) is 6.07 Å². The van der Waals surface area contributed by atoms with E-state index in [2.05, 4.69) is 15.4 Å². The molecule has 0 amide bonds. The minimum Gasteiger partial charge on any atom is -0.477 e. The second kappa shape index (κ2) is 3.67. The summed E-state index contributed by atoms with van der Waals surface area (Å²) < 4.78 is 5.43. The van der Waals surface area contributed by atoms with E-state index in [1.165, 1.54) is 12.8 Å². The standard InChI is InChI=1S/C8H13N5O/c9-8-11-6(13-10)3-7(12-8)14-4-5-1-2-5/h3,5H,1-2,4,10H2,(H3,9,11,12,13). The highest BCUT2D eigenvalue weighted by molar-refractivity contribution is 5.41. The monoisotopic (exact) mass is 195 g/mol. The van der Waals surface area contributed by atoms with E-state index in [9.17, 15) is 0 Å². The normalized spacial score (nSPS) is 15.2. The van der Waals surface area contributed by atoms with Gasteiger partial charge in [-0.2, -0.15) is 9.97 Å². The highest BCUT2D eigenvalue weighted by Crippen LogP contribution is 2.29. The minimum atomic E-state index is 0.159. The number of hydrogen-bond acceptors (Lipinski definition) is 6. The van der Waals surface area contributed by atoms with Crippen molar-refractivity contribution < 1.29 is 4.74 Å². The van der Waals surface area contributed by atoms with Crippen LogP contribution in [0.4, 0.5) is 11.8 Å². The number of nitrogens with zero attached hydrogens (tertiary/aromatic N) is 2. The number of nitrogen functional groups attached to an aromatic ring is 2. The van der Waals surface area contributed by atoms with E-state index < -0.39 is 0 Å². The molecule has 1 aliphatic rings. The van der Waals surface area contributed by atoms with Crippen LogP contribution in [-0.4, -0.2) is 16.6 Å². The van der Waals surface area contributed by atoms with E-state index >= 15 is 0 Å². The van der Waals surface area contributed by atoms with Crippen molar-refractivity contribution in [2.24, 2.45) is 11.8 Å². The van der Waals surface area contributed by atoms with Crippen LogP contribution in [0.25, 0.3) is 0 Å². The molecule has 0 saturated heterocycles. The Balaban J connectivity index is 2.03. The van der Waals surface area contributed by atoms with Crippen LogP contribution in [0.5, 0.6) is 5.88 Å². The first kappa shape index (κ1) is 9.01. The van der Waals surface area contributed by atoms with Crippen LogP contribution >= 0.6 is 0 Å². The third-order valence-electron chi connectivity index (χ3n) is 2.03. The number of nitrogens with two attached hydrogens (primary N) is 2. The molecule has 6 heteroatoms. The maximum absolute atomic E-state index is 5.46. The first-order chi connectivity index (χ1) is 6.78. The zero-order valence-electron chi connectivity index (χ0n) is 7.73. The van der Waals surface area contributed by atoms with Crippen molar-refractivity contribution in [3.63, 3.8) is 0 Å². The van der Waals surface area contributed by atoms with Gasteiger partial charge in [0.05, 0.1) is 6.61 Å². The molecule has 5 N–H and O–H groups in total. The third kappa shape index (κ3) is 2.23. The summed E-state index contributed by atoms with van der Waals surface area (Å²) in [7, 11) is 0. The minimum absolute atomic E-state index is 0.159. The summed E-state index contributed by atoms with van der Waals surface area (Å²) in [4.78, 5) is 7.78. The lowest BCUT2D eigenvalue weighted by molar-refractivity contribution is 0.288. The van der Waals surface area contributed by atoms with Crippen LogP contribution in [0.1, 0.15) is 12.8 Å². The summed E-state index contributed by atoms with van der Waals surface area (Å²) in [6.45, 7) is 0.695. The van der Waals surface area contributed by atoms with Crippen molar-refractivity contribution in [3.8, 4) is 5.88 Å². The average molecular weight is 195 g/mol. The number of hydrazine groups is 1. The lowest BCUT2D eigenvalue weighted by Gasteiger charge is -2.06. The smallest absolute Gasteiger partial charge is 0.225 e. The van der Waals surface area contributed by atoms with Gasteiger partial charge in [-0.15, -0.1) is 0 Å². The lowest BCUT2D eigenvalue weighted by atomic mass is 10.5. The van der Waals surface area contributed by atoms with Crippen LogP contribution in [0.2, 0.25) is 0 Å². The zero-order chi connectivity index (χ0) is 9.97. The number of ether oxygens (including phenoxy) is 1. The quantitative estimate of drug-likeness (QED) is 0.466. The molecule has 2 rings (SSSR count). The van der Waals surface area contributed by atoms with Gasteiger partial charge in [0.15, 0.2) is 0 Å². The van der Waals surface area contributed by atoms with Crippen molar-refractivity contribution in [3.05, 3.63) is 6.07 Å². The van der Waals surface area contributed by atoms with Crippen LogP contribution < -0.4 is 21.7 Å². The molecule has 76 valence electrons. The van der Waals surface area contributed by atoms with Gasteiger partial charge in [-0.3, -0.25) is 0 Å². The fourth-order valence-corrected chi connectivity index (χ4v) is 1.08. The zero-order valence-corrected chi connectivity index (χ0v) is 7.73. The molecule has 0 spiro atoms. The highest BCUT2D eigenvalue weighted by atomic mass is 16.5. The van der Waals surface area contributed by atoms with Crippen molar-refractivity contribution in [2.75, 3.05) is 17.8 Å². The number of anilines is 2. The molecular weight excluding hydrogens is 182 g/mol. The summed E-state index contributed by atoms with van der Waals surface area (Å²) in [5, 5.41) is 0. The van der Waals surface area contributed by atoms with Gasteiger partial charge in [-0.25, -0.2) is 5.84 Å². The Bertz CT molecular complexity index is 326. The molecule has 0 radical (unpaired) electrons. The predicted molar refractivity (Wildman–Crippen MR) is 52.5 cm³/mol. The van der Waals surface area contributed by atoms with Gasteiger partial charge >= 0.3 is 0 Å². The van der Waals surface area contributed by atoms with E-state index in [1.54, 1.807) is 6.07 Å². The molecule has 0 unspecified atom stereocenters. The molecule has 0 aromatic carbocycles. The first-order valence-electron chi connectivity index (χ1n) is 4.52. The molecule has 1 aromatic heterocycles. The average Bonchev–Trinajstić information content (AvgIpc) is 2.97. The van der Waals surface area contributed by atoms with Crippen LogP contribution in [0, 0.1) is 5.92 Å². The van der Waals surface area contributed by atoms with E-state index in [0.29, 0.717) is 24.2 Å². The number of hydrogen-bond donors (Lipinski definition) is 3. The van der Waals surface area contributed by atoms with Gasteiger partial charge in [-0.1, -0.05) is 0 Å². The maximum atomic E-state index is 5.46. The Morgan fingerprint density at radius 3 is 2.93 bits per heavy atom. The molecule has 6 nitrogen and oxygen atoms in total. The molecule has 1 heterocycles. The van der Waals surface area contributed by atoms with Crippen LogP contribution in [0.3, 0.4) is 0 Å². The molecule has 0 bridgehead atoms. The van der Waals surface area contributed by atoms with Crippen LogP contribution in [0.15, 0.2) is 6.07 Å². The third-order valence-corrected chi connectivity index (χ3v) is 2.03. The Hall–Kier alpha value is -1.56. The molecule has 1 aliphatic carbocycles. The van der Waals surface area contributed by atoms with Crippen LogP contribution in [-0.2, 0) is 0 Å². The fourth-order valence-electron chi connectivity index (χ4n) is 1.08. The lowest BCUT2D eigenvalue weighted by Crippen LogP contribution is -2.11. The summed E-state index contributed by atoms with van der Waals surface area (Å²) in [6, 6.07) is 1.62. The second-order valence-electron chi connectivity index (χ2n) is 3.35. The molecule has 0 atom stereocenters. The summed E-state index contributed by atoms with van der Waals surface area (Å²) in [5.74, 6) is 6.98. The van der Waals surface area contributed by atoms with Gasteiger partial charge in [0.25, 0.3) is 0 Å². The summed E-state index contributed by atoms with van der Waals surface area (Å²) in [6.07, 6.45) is 2.48. The number of aromatic nitrogens is 2. The molecule has 1 fully saturated rings. The SMILES string of the molecule is NNc1cc(OCC2CC2)nc(N)n1. The van der Waals surface area contributed by atoms with Crippen molar-refractivity contribution in [2.45, 2.75) is 12.8 Å². The van der Waals surface area contributed by atoms with E-state index in [0.717, 1.165) is 0 Å². The second-order valence-corrected chi connectivity index (χ2v) is 3.35. The van der Waals surface area contributed by atoms with Crippen molar-refractivity contribution in [1.82, 2.24) is 9.97 Å². The number of nitrogens with one attached hydrogen (secondary N) is 1. The maximum Gasteiger partial charge on any atom is 0.225 e. The van der Waals surface area contributed by atoms with E-state index in [4.69, 9.17) is 16.3 Å². The largest absolute Gasteiger partial charge is 0.477 e. The molecule has 0 aliphatic heterocycles. The summed E-state index contributed by atoms with van der Waals surface area (Å²) >= 11 is 0. The van der Waals surface area contributed by atoms with Gasteiger partial charge in [-0.05, 0) is 18.8 Å². The molecule has 14 heavy (non-hydrogen) atoms. The highest BCUT2D eigenvalue weighted by Gasteiger charge is 2.22. The summed E-state index contributed by atoms with van der Waals surface area (Å²) in [5.41, 5.74) is 7.86. The predicted octanol–water partition coefficient (Wildman–Crippen LogP) is 0.133. The van der Waals surface area contributed by atoms with Gasteiger partial charge in [0.1, 0.15) is 5.82 Å². The Morgan fingerprint density at radius 1 is 1.50 bits per heavy atom. The Labute approximate surface area is 81.6 Å². The van der Waals surface area contributed by atoms with Crippen molar-refractivity contribution >= 4 is 11.8 Å². The van der Waals surface area contributed by atoms with Crippen molar-refractivity contribution in [1.29, 1.82) is 0 Å². The first-order valence-corrected chi connectivity index (χ1v) is 4.52. The topological polar surface area (TPSA) is 99.1 Å². The van der Waals surface area contributed by atoms with Gasteiger partial charge < -0.3 is 15.9 Å².